The summed E-state index contributed by atoms with van der Waals surface area (Å²) in [7, 11) is 1.60. The summed E-state index contributed by atoms with van der Waals surface area (Å²) in [6.45, 7) is 0.390. The first-order valence-electron chi connectivity index (χ1n) is 9.53. The number of methoxy groups -OCH3 is 1. The molecule has 2 N–H and O–H groups in total. The standard InChI is InChI=1S/C24H19ClN2O3S/c1-30-19-4-2-3-16(11-19)12-22-24(29)27-20-13-17(7-10-21(20)31-22)23(28)26-14-15-5-8-18(25)9-6-15/h2-13H,14H2,1H3,(H,26,28)(H,27,29)/b22-12+. The Morgan fingerprint density at radius 1 is 1.13 bits per heavy atom. The maximum absolute atomic E-state index is 12.6. The van der Waals surface area contributed by atoms with Crippen molar-refractivity contribution in [3.05, 3.63) is 93.3 Å². The third-order valence-corrected chi connectivity index (χ3v) is 6.04. The van der Waals surface area contributed by atoms with Crippen LogP contribution in [0.3, 0.4) is 0 Å². The Morgan fingerprint density at radius 2 is 1.94 bits per heavy atom. The molecule has 0 aromatic heterocycles. The van der Waals surface area contributed by atoms with E-state index in [1.54, 1.807) is 31.4 Å². The molecule has 3 aromatic carbocycles. The lowest BCUT2D eigenvalue weighted by Crippen LogP contribution is -2.23. The van der Waals surface area contributed by atoms with Gasteiger partial charge in [0.1, 0.15) is 5.75 Å². The van der Waals surface area contributed by atoms with Crippen LogP contribution >= 0.6 is 23.4 Å². The Labute approximate surface area is 189 Å². The second-order valence-corrected chi connectivity index (χ2v) is 8.38. The fourth-order valence-corrected chi connectivity index (χ4v) is 4.13. The van der Waals surface area contributed by atoms with Crippen molar-refractivity contribution in [2.45, 2.75) is 11.4 Å². The topological polar surface area (TPSA) is 67.4 Å². The van der Waals surface area contributed by atoms with Gasteiger partial charge in [0.15, 0.2) is 0 Å². The number of rotatable bonds is 5. The summed E-state index contributed by atoms with van der Waals surface area (Å²) in [4.78, 5) is 26.6. The van der Waals surface area contributed by atoms with Gasteiger partial charge in [0.2, 0.25) is 0 Å². The average Bonchev–Trinajstić information content (AvgIpc) is 2.79. The van der Waals surface area contributed by atoms with E-state index < -0.39 is 0 Å². The number of benzene rings is 3. The number of halogens is 1. The van der Waals surface area contributed by atoms with Crippen LogP contribution in [0.1, 0.15) is 21.5 Å². The zero-order valence-corrected chi connectivity index (χ0v) is 18.2. The summed E-state index contributed by atoms with van der Waals surface area (Å²) in [5.41, 5.74) is 2.93. The number of carbonyl (C=O) groups excluding carboxylic acids is 2. The molecule has 3 aromatic rings. The minimum absolute atomic E-state index is 0.209. The Morgan fingerprint density at radius 3 is 2.71 bits per heavy atom. The highest BCUT2D eigenvalue weighted by atomic mass is 35.5. The number of hydrogen-bond donors (Lipinski definition) is 2. The average molecular weight is 451 g/mol. The van der Waals surface area contributed by atoms with Crippen LogP contribution in [0.15, 0.2) is 76.5 Å². The second kappa shape index (κ2) is 9.29. The molecule has 156 valence electrons. The number of amides is 2. The maximum Gasteiger partial charge on any atom is 0.262 e. The molecule has 0 spiro atoms. The number of thioether (sulfide) groups is 1. The molecule has 0 unspecified atom stereocenters. The number of fused-ring (bicyclic) bond motifs is 1. The molecule has 0 saturated heterocycles. The first-order chi connectivity index (χ1) is 15.0. The van der Waals surface area contributed by atoms with Crippen molar-refractivity contribution in [1.29, 1.82) is 0 Å². The summed E-state index contributed by atoms with van der Waals surface area (Å²) in [5.74, 6) is 0.305. The Hall–Kier alpha value is -3.22. The molecule has 0 aliphatic carbocycles. The van der Waals surface area contributed by atoms with Gasteiger partial charge < -0.3 is 15.4 Å². The fraction of sp³-hybridized carbons (Fsp3) is 0.0833. The van der Waals surface area contributed by atoms with Gasteiger partial charge in [-0.05, 0) is 59.7 Å². The SMILES string of the molecule is COc1cccc(/C=C2/Sc3ccc(C(=O)NCc4ccc(Cl)cc4)cc3NC2=O)c1. The molecule has 5 nitrogen and oxygen atoms in total. The molecule has 1 aliphatic rings. The van der Waals surface area contributed by atoms with Crippen molar-refractivity contribution in [2.24, 2.45) is 0 Å². The molecular weight excluding hydrogens is 432 g/mol. The molecular formula is C24H19ClN2O3S. The lowest BCUT2D eigenvalue weighted by atomic mass is 10.1. The maximum atomic E-state index is 12.6. The van der Waals surface area contributed by atoms with Crippen molar-refractivity contribution in [1.82, 2.24) is 5.32 Å². The third-order valence-electron chi connectivity index (χ3n) is 4.69. The normalized spacial score (nSPS) is 14.0. The van der Waals surface area contributed by atoms with Gasteiger partial charge in [-0.15, -0.1) is 0 Å². The van der Waals surface area contributed by atoms with Crippen LogP contribution < -0.4 is 15.4 Å². The van der Waals surface area contributed by atoms with E-state index in [2.05, 4.69) is 10.6 Å². The van der Waals surface area contributed by atoms with Gasteiger partial charge in [-0.3, -0.25) is 9.59 Å². The first-order valence-corrected chi connectivity index (χ1v) is 10.7. The van der Waals surface area contributed by atoms with E-state index in [1.165, 1.54) is 11.8 Å². The van der Waals surface area contributed by atoms with Crippen molar-refractivity contribution in [3.8, 4) is 5.75 Å². The molecule has 0 radical (unpaired) electrons. The van der Waals surface area contributed by atoms with Gasteiger partial charge in [-0.2, -0.15) is 0 Å². The highest BCUT2D eigenvalue weighted by molar-refractivity contribution is 8.04. The first kappa shape index (κ1) is 21.0. The quantitative estimate of drug-likeness (QED) is 0.513. The van der Waals surface area contributed by atoms with Crippen LogP contribution in [-0.2, 0) is 11.3 Å². The molecule has 2 amide bonds. The van der Waals surface area contributed by atoms with Crippen LogP contribution in [0.5, 0.6) is 5.75 Å². The minimum Gasteiger partial charge on any atom is -0.497 e. The van der Waals surface area contributed by atoms with Crippen molar-refractivity contribution in [3.63, 3.8) is 0 Å². The van der Waals surface area contributed by atoms with E-state index in [1.807, 2.05) is 48.5 Å². The minimum atomic E-state index is -0.213. The van der Waals surface area contributed by atoms with Crippen molar-refractivity contribution < 1.29 is 14.3 Å². The van der Waals surface area contributed by atoms with E-state index in [9.17, 15) is 9.59 Å². The molecule has 1 aliphatic heterocycles. The summed E-state index contributed by atoms with van der Waals surface area (Å²) in [6.07, 6.45) is 1.82. The molecule has 0 fully saturated rings. The zero-order chi connectivity index (χ0) is 21.8. The molecule has 0 atom stereocenters. The Bertz CT molecular complexity index is 1180. The van der Waals surface area contributed by atoms with Gasteiger partial charge in [-0.25, -0.2) is 0 Å². The predicted molar refractivity (Wildman–Crippen MR) is 125 cm³/mol. The van der Waals surface area contributed by atoms with Crippen LogP contribution in [0, 0.1) is 0 Å². The summed E-state index contributed by atoms with van der Waals surface area (Å²) in [5, 5.41) is 6.41. The lowest BCUT2D eigenvalue weighted by Gasteiger charge is -2.19. The molecule has 4 rings (SSSR count). The molecule has 7 heteroatoms. The molecule has 1 heterocycles. The summed E-state index contributed by atoms with van der Waals surface area (Å²) >= 11 is 7.25. The highest BCUT2D eigenvalue weighted by Gasteiger charge is 2.22. The molecule has 0 saturated carbocycles. The van der Waals surface area contributed by atoms with E-state index in [-0.39, 0.29) is 11.8 Å². The summed E-state index contributed by atoms with van der Waals surface area (Å²) < 4.78 is 5.24. The van der Waals surface area contributed by atoms with Crippen LogP contribution in [0.4, 0.5) is 5.69 Å². The van der Waals surface area contributed by atoms with E-state index in [0.29, 0.717) is 27.7 Å². The Kier molecular flexibility index (Phi) is 6.30. The largest absolute Gasteiger partial charge is 0.497 e. The number of carbonyl (C=O) groups is 2. The smallest absolute Gasteiger partial charge is 0.262 e. The predicted octanol–water partition coefficient (Wildman–Crippen LogP) is 5.36. The fourth-order valence-electron chi connectivity index (χ4n) is 3.07. The highest BCUT2D eigenvalue weighted by Crippen LogP contribution is 2.39. The van der Waals surface area contributed by atoms with Gasteiger partial charge in [0.05, 0.1) is 17.7 Å². The van der Waals surface area contributed by atoms with Crippen LogP contribution in [-0.4, -0.2) is 18.9 Å². The number of anilines is 1. The van der Waals surface area contributed by atoms with E-state index in [4.69, 9.17) is 16.3 Å². The van der Waals surface area contributed by atoms with Gasteiger partial charge in [0.25, 0.3) is 11.8 Å². The molecule has 31 heavy (non-hydrogen) atoms. The van der Waals surface area contributed by atoms with Crippen molar-refractivity contribution >= 4 is 46.9 Å². The number of hydrogen-bond acceptors (Lipinski definition) is 4. The lowest BCUT2D eigenvalue weighted by molar-refractivity contribution is -0.112. The summed E-state index contributed by atoms with van der Waals surface area (Å²) in [6, 6.07) is 20.1. The number of nitrogens with one attached hydrogen (secondary N) is 2. The van der Waals surface area contributed by atoms with Crippen LogP contribution in [0.25, 0.3) is 6.08 Å². The Balaban J connectivity index is 1.47. The zero-order valence-electron chi connectivity index (χ0n) is 16.6. The third kappa shape index (κ3) is 5.10. The van der Waals surface area contributed by atoms with Gasteiger partial charge in [-0.1, -0.05) is 47.6 Å². The van der Waals surface area contributed by atoms with Crippen LogP contribution in [0.2, 0.25) is 5.02 Å². The second-order valence-electron chi connectivity index (χ2n) is 6.86. The van der Waals surface area contributed by atoms with E-state index >= 15 is 0 Å². The monoisotopic (exact) mass is 450 g/mol. The number of ether oxygens (including phenoxy) is 1. The molecule has 0 bridgehead atoms. The van der Waals surface area contributed by atoms with Gasteiger partial charge in [0, 0.05) is 22.0 Å². The van der Waals surface area contributed by atoms with E-state index in [0.717, 1.165) is 21.8 Å². The van der Waals surface area contributed by atoms with Gasteiger partial charge >= 0.3 is 0 Å². The van der Waals surface area contributed by atoms with Crippen molar-refractivity contribution in [2.75, 3.05) is 12.4 Å².